The third-order valence-electron chi connectivity index (χ3n) is 9.34. The molecule has 45 heavy (non-hydrogen) atoms. The summed E-state index contributed by atoms with van der Waals surface area (Å²) < 4.78 is 23.9. The van der Waals surface area contributed by atoms with Gasteiger partial charge in [-0.3, -0.25) is 4.79 Å². The van der Waals surface area contributed by atoms with Gasteiger partial charge in [0.15, 0.2) is 12.6 Å². The molecule has 2 saturated carbocycles. The Balaban J connectivity index is 1.54. The van der Waals surface area contributed by atoms with Crippen LogP contribution in [0.1, 0.15) is 32.1 Å². The Hall–Kier alpha value is -1.17. The highest BCUT2D eigenvalue weighted by molar-refractivity contribution is 5.80. The molecule has 0 spiro atoms. The first-order valence-electron chi connectivity index (χ1n) is 15.7. The van der Waals surface area contributed by atoms with Crippen molar-refractivity contribution in [3.63, 3.8) is 0 Å². The molecular weight excluding hydrogens is 598 g/mol. The summed E-state index contributed by atoms with van der Waals surface area (Å²) in [5.74, 6) is -0.419. The average Bonchev–Trinajstić information content (AvgIpc) is 2.99. The molecule has 2 saturated heterocycles. The van der Waals surface area contributed by atoms with E-state index in [1.165, 1.54) is 0 Å². The number of amides is 1. The number of aliphatic hydroxyl groups excluding tert-OH is 6. The fourth-order valence-electron chi connectivity index (χ4n) is 6.52. The predicted octanol–water partition coefficient (Wildman–Crippen LogP) is -7.06. The van der Waals surface area contributed by atoms with Gasteiger partial charge in [0, 0.05) is 18.6 Å². The summed E-state index contributed by atoms with van der Waals surface area (Å²) >= 11 is 0. The third kappa shape index (κ3) is 8.65. The van der Waals surface area contributed by atoms with E-state index in [0.717, 1.165) is 12.8 Å². The summed E-state index contributed by atoms with van der Waals surface area (Å²) in [7, 11) is 0. The summed E-state index contributed by atoms with van der Waals surface area (Å²) in [6, 6.07) is -3.49. The smallest absolute Gasteiger partial charge is 0.249 e. The van der Waals surface area contributed by atoms with Gasteiger partial charge in [0.05, 0.1) is 36.9 Å². The molecular formula is C27H53N7O11. The first kappa shape index (κ1) is 36.7. The third-order valence-corrected chi connectivity index (χ3v) is 9.34. The lowest BCUT2D eigenvalue weighted by Gasteiger charge is -2.49. The number of carbonyl (C=O) groups excluding carboxylic acids is 1. The van der Waals surface area contributed by atoms with E-state index in [0.29, 0.717) is 12.5 Å². The Labute approximate surface area is 261 Å². The minimum absolute atomic E-state index is 0.0118. The van der Waals surface area contributed by atoms with Crippen molar-refractivity contribution in [2.45, 2.75) is 130 Å². The molecule has 4 rings (SSSR count). The van der Waals surface area contributed by atoms with Crippen LogP contribution in [0, 0.1) is 5.92 Å². The van der Waals surface area contributed by atoms with Gasteiger partial charge in [0.1, 0.15) is 42.7 Å². The normalized spacial score (nSPS) is 46.3. The molecule has 15 atom stereocenters. The first-order valence-corrected chi connectivity index (χ1v) is 15.7. The maximum atomic E-state index is 12.8. The van der Waals surface area contributed by atoms with Crippen LogP contribution in [0.4, 0.5) is 0 Å². The zero-order valence-corrected chi connectivity index (χ0v) is 25.3. The molecule has 0 aromatic heterocycles. The van der Waals surface area contributed by atoms with Gasteiger partial charge in [-0.1, -0.05) is 0 Å². The van der Waals surface area contributed by atoms with E-state index < -0.39 is 104 Å². The van der Waals surface area contributed by atoms with E-state index in [1.54, 1.807) is 0 Å². The van der Waals surface area contributed by atoms with E-state index in [9.17, 15) is 35.4 Å². The number of rotatable bonds is 13. The number of ether oxygens (including phenoxy) is 4. The van der Waals surface area contributed by atoms with E-state index in [-0.39, 0.29) is 38.4 Å². The average molecular weight is 652 g/mol. The summed E-state index contributed by atoms with van der Waals surface area (Å²) in [5, 5.41) is 69.2. The van der Waals surface area contributed by atoms with E-state index in [1.807, 2.05) is 0 Å². The Kier molecular flexibility index (Phi) is 13.3. The quantitative estimate of drug-likeness (QED) is 0.0879. The first-order chi connectivity index (χ1) is 21.4. The lowest BCUT2D eigenvalue weighted by Crippen LogP contribution is -2.69. The van der Waals surface area contributed by atoms with Gasteiger partial charge in [-0.25, -0.2) is 0 Å². The van der Waals surface area contributed by atoms with Gasteiger partial charge < -0.3 is 88.9 Å². The molecule has 2 aliphatic heterocycles. The van der Waals surface area contributed by atoms with Gasteiger partial charge in [0.25, 0.3) is 0 Å². The second kappa shape index (κ2) is 16.3. The monoisotopic (exact) mass is 651 g/mol. The number of carbonyl (C=O) groups is 1. The van der Waals surface area contributed by atoms with Crippen LogP contribution in [0.15, 0.2) is 0 Å². The topological polar surface area (TPSA) is 330 Å². The van der Waals surface area contributed by atoms with Crippen LogP contribution < -0.4 is 39.3 Å². The Morgan fingerprint density at radius 3 is 2.16 bits per heavy atom. The Morgan fingerprint density at radius 2 is 1.53 bits per heavy atom. The molecule has 18 nitrogen and oxygen atoms in total. The highest BCUT2D eigenvalue weighted by Crippen LogP contribution is 2.32. The lowest BCUT2D eigenvalue weighted by molar-refractivity contribution is -0.316. The molecule has 2 aliphatic carbocycles. The van der Waals surface area contributed by atoms with Crippen molar-refractivity contribution in [2.24, 2.45) is 34.6 Å². The Morgan fingerprint density at radius 1 is 0.867 bits per heavy atom. The molecule has 2 heterocycles. The SMILES string of the molecule is NCC[C@H](O)C(=O)N[C@@H]1C[C@H](N)C(O[C@H]2O[C@H](CN)[C@@H](O)C[C@H]2NCC2CC(N)C2)[C@H](O)[C@H]1O[C@H]1O[C@H](CO)[C@@H](O)[C@H](N)[C@H]1O. The van der Waals surface area contributed by atoms with Gasteiger partial charge in [-0.2, -0.15) is 0 Å². The summed E-state index contributed by atoms with van der Waals surface area (Å²) in [4.78, 5) is 12.8. The van der Waals surface area contributed by atoms with Crippen molar-refractivity contribution < 1.29 is 54.4 Å². The van der Waals surface area contributed by atoms with Gasteiger partial charge >= 0.3 is 0 Å². The fourth-order valence-corrected chi connectivity index (χ4v) is 6.52. The molecule has 18 N–H and O–H groups in total. The van der Waals surface area contributed by atoms with E-state index in [2.05, 4.69) is 10.6 Å². The second-order valence-corrected chi connectivity index (χ2v) is 12.8. The van der Waals surface area contributed by atoms with Gasteiger partial charge in [-0.05, 0) is 51.1 Å². The van der Waals surface area contributed by atoms with Crippen LogP contribution >= 0.6 is 0 Å². The molecule has 1 amide bonds. The maximum absolute atomic E-state index is 12.8. The van der Waals surface area contributed by atoms with E-state index in [4.69, 9.17) is 47.6 Å². The molecule has 262 valence electrons. The number of nitrogens with two attached hydrogens (primary N) is 5. The zero-order valence-electron chi connectivity index (χ0n) is 25.3. The molecule has 1 unspecified atom stereocenters. The minimum Gasteiger partial charge on any atom is -0.394 e. The summed E-state index contributed by atoms with van der Waals surface area (Å²) in [6.45, 7) is 0.0429. The number of aliphatic hydroxyl groups is 6. The zero-order chi connectivity index (χ0) is 33.0. The number of nitrogens with one attached hydrogen (secondary N) is 2. The van der Waals surface area contributed by atoms with Crippen molar-refractivity contribution in [1.82, 2.24) is 10.6 Å². The van der Waals surface area contributed by atoms with E-state index >= 15 is 0 Å². The molecule has 0 aromatic rings. The largest absolute Gasteiger partial charge is 0.394 e. The Bertz CT molecular complexity index is 938. The van der Waals surface area contributed by atoms with Crippen LogP contribution in [0.2, 0.25) is 0 Å². The molecule has 4 aliphatic rings. The summed E-state index contributed by atoms with van der Waals surface area (Å²) in [6.07, 6.45) is -11.8. The highest BCUT2D eigenvalue weighted by atomic mass is 16.7. The van der Waals surface area contributed by atoms with Crippen LogP contribution in [0.25, 0.3) is 0 Å². The fraction of sp³-hybridized carbons (Fsp3) is 0.963. The van der Waals surface area contributed by atoms with Crippen LogP contribution in [-0.2, 0) is 23.7 Å². The van der Waals surface area contributed by atoms with Gasteiger partial charge in [-0.15, -0.1) is 0 Å². The standard InChI is InChI=1S/C27H53N7O11/c28-2-1-15(36)25(41)34-13-5-12(31)23(22(40)24(13)45-27-21(39)19(32)20(38)18(9-35)43-27)44-26-14(6-16(37)17(7-29)42-26)33-8-10-3-11(30)4-10/h10-24,26-27,33,35-40H,1-9,28-32H2,(H,34,41)/t10?,11?,12-,13+,14+,15-,16-,17+,18+,19-,20+,21+,22-,23?,24-,26+,27+/m0/s1. The molecule has 18 heteroatoms. The van der Waals surface area contributed by atoms with Crippen molar-refractivity contribution in [1.29, 1.82) is 0 Å². The van der Waals surface area contributed by atoms with Crippen molar-refractivity contribution in [2.75, 3.05) is 26.2 Å². The predicted molar refractivity (Wildman–Crippen MR) is 157 cm³/mol. The minimum atomic E-state index is -1.58. The van der Waals surface area contributed by atoms with Crippen molar-refractivity contribution in [3.05, 3.63) is 0 Å². The molecule has 0 bridgehead atoms. The van der Waals surface area contributed by atoms with Gasteiger partial charge in [0.2, 0.25) is 5.91 Å². The molecule has 4 fully saturated rings. The molecule has 0 aromatic carbocycles. The van der Waals surface area contributed by atoms with Crippen LogP contribution in [-0.4, -0.2) is 161 Å². The summed E-state index contributed by atoms with van der Waals surface area (Å²) in [5.41, 5.74) is 29.7. The van der Waals surface area contributed by atoms with Crippen LogP contribution in [0.5, 0.6) is 0 Å². The lowest BCUT2D eigenvalue weighted by atomic mass is 9.80. The number of hydrogen-bond donors (Lipinski definition) is 13. The van der Waals surface area contributed by atoms with Crippen LogP contribution in [0.3, 0.4) is 0 Å². The molecule has 0 radical (unpaired) electrons. The van der Waals surface area contributed by atoms with Crippen molar-refractivity contribution >= 4 is 5.91 Å². The second-order valence-electron chi connectivity index (χ2n) is 12.8. The highest BCUT2D eigenvalue weighted by Gasteiger charge is 2.51. The van der Waals surface area contributed by atoms with Crippen molar-refractivity contribution in [3.8, 4) is 0 Å². The maximum Gasteiger partial charge on any atom is 0.249 e. The number of hydrogen-bond acceptors (Lipinski definition) is 17.